The summed E-state index contributed by atoms with van der Waals surface area (Å²) in [6.07, 6.45) is 2.95. The monoisotopic (exact) mass is 257 g/mol. The highest BCUT2D eigenvalue weighted by Crippen LogP contribution is 2.13. The first-order chi connectivity index (χ1) is 7.79. The third kappa shape index (κ3) is 4.70. The minimum absolute atomic E-state index is 0.0436. The number of hydrogen-bond acceptors (Lipinski definition) is 5. The van der Waals surface area contributed by atoms with Crippen LogP contribution in [-0.2, 0) is 9.84 Å². The highest BCUT2D eigenvalue weighted by atomic mass is 32.2. The summed E-state index contributed by atoms with van der Waals surface area (Å²) in [6, 6.07) is 3.71. The molecular formula is C11H19N3O2S. The first kappa shape index (κ1) is 13.9. The third-order valence-corrected chi connectivity index (χ3v) is 3.41. The predicted molar refractivity (Wildman–Crippen MR) is 69.8 cm³/mol. The fraction of sp³-hybridized carbons (Fsp3) is 0.545. The van der Waals surface area contributed by atoms with Crippen molar-refractivity contribution in [3.63, 3.8) is 0 Å². The maximum absolute atomic E-state index is 11.0. The molecule has 0 aliphatic rings. The second-order valence-corrected chi connectivity index (χ2v) is 6.55. The molecule has 6 heteroatoms. The number of hydrogen-bond donors (Lipinski definition) is 1. The van der Waals surface area contributed by atoms with Crippen molar-refractivity contribution >= 4 is 15.7 Å². The van der Waals surface area contributed by atoms with Gasteiger partial charge in [0.1, 0.15) is 15.7 Å². The molecule has 1 heterocycles. The van der Waals surface area contributed by atoms with E-state index in [0.717, 1.165) is 11.4 Å². The van der Waals surface area contributed by atoms with Crippen LogP contribution >= 0.6 is 0 Å². The molecule has 96 valence electrons. The molecule has 0 saturated carbocycles. The van der Waals surface area contributed by atoms with E-state index in [1.165, 1.54) is 6.26 Å². The molecule has 0 saturated heterocycles. The SMILES string of the molecule is C[C@@H](N)c1ccc(N(C)CCS(C)(=O)=O)nc1. The van der Waals surface area contributed by atoms with E-state index < -0.39 is 9.84 Å². The highest BCUT2D eigenvalue weighted by molar-refractivity contribution is 7.90. The van der Waals surface area contributed by atoms with Crippen LogP contribution in [0, 0.1) is 0 Å². The Balaban J connectivity index is 2.67. The summed E-state index contributed by atoms with van der Waals surface area (Å²) in [7, 11) is -1.12. The summed E-state index contributed by atoms with van der Waals surface area (Å²) in [4.78, 5) is 6.06. The van der Waals surface area contributed by atoms with Crippen LogP contribution < -0.4 is 10.6 Å². The zero-order valence-electron chi connectivity index (χ0n) is 10.4. The van der Waals surface area contributed by atoms with Crippen LogP contribution in [0.15, 0.2) is 18.3 Å². The molecule has 0 amide bonds. The number of aromatic nitrogens is 1. The standard InChI is InChI=1S/C11H19N3O2S/c1-9(12)10-4-5-11(13-8-10)14(2)6-7-17(3,15)16/h4-5,8-9H,6-7,12H2,1-3H3/t9-/m1/s1. The molecule has 0 aromatic carbocycles. The Morgan fingerprint density at radius 2 is 2.12 bits per heavy atom. The molecule has 1 aromatic rings. The van der Waals surface area contributed by atoms with Crippen LogP contribution in [0.5, 0.6) is 0 Å². The molecule has 0 unspecified atom stereocenters. The van der Waals surface area contributed by atoms with Gasteiger partial charge in [-0.15, -0.1) is 0 Å². The number of anilines is 1. The van der Waals surface area contributed by atoms with Crippen molar-refractivity contribution in [2.45, 2.75) is 13.0 Å². The van der Waals surface area contributed by atoms with Gasteiger partial charge < -0.3 is 10.6 Å². The molecule has 0 bridgehead atoms. The summed E-state index contributed by atoms with van der Waals surface area (Å²) in [5, 5.41) is 0. The molecule has 2 N–H and O–H groups in total. The van der Waals surface area contributed by atoms with Crippen molar-refractivity contribution in [3.05, 3.63) is 23.9 Å². The molecule has 1 rings (SSSR count). The summed E-state index contributed by atoms with van der Waals surface area (Å²) in [5.41, 5.74) is 6.69. The van der Waals surface area contributed by atoms with Crippen LogP contribution in [0.1, 0.15) is 18.5 Å². The molecule has 0 fully saturated rings. The first-order valence-electron chi connectivity index (χ1n) is 5.40. The van der Waals surface area contributed by atoms with Crippen molar-refractivity contribution in [1.82, 2.24) is 4.98 Å². The lowest BCUT2D eigenvalue weighted by molar-refractivity contribution is 0.601. The van der Waals surface area contributed by atoms with Crippen molar-refractivity contribution in [3.8, 4) is 0 Å². The van der Waals surface area contributed by atoms with Crippen molar-refractivity contribution < 1.29 is 8.42 Å². The maximum atomic E-state index is 11.0. The molecule has 17 heavy (non-hydrogen) atoms. The van der Waals surface area contributed by atoms with Crippen molar-refractivity contribution in [2.24, 2.45) is 5.73 Å². The highest BCUT2D eigenvalue weighted by Gasteiger charge is 2.08. The number of nitrogens with zero attached hydrogens (tertiary/aromatic N) is 2. The molecule has 0 aliphatic carbocycles. The van der Waals surface area contributed by atoms with E-state index in [1.54, 1.807) is 6.20 Å². The van der Waals surface area contributed by atoms with E-state index in [0.29, 0.717) is 6.54 Å². The molecule has 5 nitrogen and oxygen atoms in total. The second kappa shape index (κ2) is 5.46. The van der Waals surface area contributed by atoms with Gasteiger partial charge in [0.15, 0.2) is 0 Å². The van der Waals surface area contributed by atoms with Gasteiger partial charge in [-0.05, 0) is 18.6 Å². The van der Waals surface area contributed by atoms with Gasteiger partial charge in [0, 0.05) is 32.1 Å². The van der Waals surface area contributed by atoms with Gasteiger partial charge in [0.2, 0.25) is 0 Å². The van der Waals surface area contributed by atoms with Crippen LogP contribution in [0.3, 0.4) is 0 Å². The van der Waals surface area contributed by atoms with Gasteiger partial charge in [0.05, 0.1) is 5.75 Å². The fourth-order valence-corrected chi connectivity index (χ4v) is 1.92. The molecule has 0 spiro atoms. The van der Waals surface area contributed by atoms with Gasteiger partial charge >= 0.3 is 0 Å². The molecular weight excluding hydrogens is 238 g/mol. The average molecular weight is 257 g/mol. The first-order valence-corrected chi connectivity index (χ1v) is 7.46. The van der Waals surface area contributed by atoms with E-state index in [1.807, 2.05) is 31.0 Å². The quantitative estimate of drug-likeness (QED) is 0.835. The van der Waals surface area contributed by atoms with Crippen LogP contribution in [0.4, 0.5) is 5.82 Å². The zero-order chi connectivity index (χ0) is 13.1. The normalized spacial score (nSPS) is 13.4. The average Bonchev–Trinajstić information content (AvgIpc) is 2.25. The molecule has 1 aromatic heterocycles. The van der Waals surface area contributed by atoms with Crippen LogP contribution in [0.2, 0.25) is 0 Å². The summed E-state index contributed by atoms with van der Waals surface area (Å²) in [6.45, 7) is 2.33. The fourth-order valence-electron chi connectivity index (χ4n) is 1.31. The van der Waals surface area contributed by atoms with Crippen molar-refractivity contribution in [2.75, 3.05) is 30.5 Å². The summed E-state index contributed by atoms with van der Waals surface area (Å²) >= 11 is 0. The van der Waals surface area contributed by atoms with Crippen LogP contribution in [-0.4, -0.2) is 39.0 Å². The van der Waals surface area contributed by atoms with E-state index in [9.17, 15) is 8.42 Å². The Morgan fingerprint density at radius 1 is 1.47 bits per heavy atom. The van der Waals surface area contributed by atoms with E-state index >= 15 is 0 Å². The number of rotatable bonds is 5. The van der Waals surface area contributed by atoms with Gasteiger partial charge in [-0.2, -0.15) is 0 Å². The lowest BCUT2D eigenvalue weighted by atomic mass is 10.1. The predicted octanol–water partition coefficient (Wildman–Crippen LogP) is 0.582. The Kier molecular flexibility index (Phi) is 4.47. The lowest BCUT2D eigenvalue weighted by Gasteiger charge is -2.18. The van der Waals surface area contributed by atoms with Gasteiger partial charge in [0.25, 0.3) is 0 Å². The number of pyridine rings is 1. The minimum atomic E-state index is -2.94. The molecule has 1 atom stereocenters. The smallest absolute Gasteiger partial charge is 0.149 e. The van der Waals surface area contributed by atoms with Crippen molar-refractivity contribution in [1.29, 1.82) is 0 Å². The topological polar surface area (TPSA) is 76.3 Å². The zero-order valence-corrected chi connectivity index (χ0v) is 11.2. The largest absolute Gasteiger partial charge is 0.359 e. The maximum Gasteiger partial charge on any atom is 0.149 e. The Hall–Kier alpha value is -1.14. The number of sulfone groups is 1. The number of nitrogens with two attached hydrogens (primary N) is 1. The molecule has 0 radical (unpaired) electrons. The minimum Gasteiger partial charge on any atom is -0.359 e. The van der Waals surface area contributed by atoms with Gasteiger partial charge in [-0.1, -0.05) is 6.07 Å². The Bertz CT molecular complexity index is 454. The Morgan fingerprint density at radius 3 is 2.53 bits per heavy atom. The summed E-state index contributed by atoms with van der Waals surface area (Å²) in [5.74, 6) is 0.873. The van der Waals surface area contributed by atoms with E-state index in [2.05, 4.69) is 4.98 Å². The Labute approximate surface area is 103 Å². The van der Waals surface area contributed by atoms with Crippen LogP contribution in [0.25, 0.3) is 0 Å². The van der Waals surface area contributed by atoms with E-state index in [-0.39, 0.29) is 11.8 Å². The lowest BCUT2D eigenvalue weighted by Crippen LogP contribution is -2.25. The van der Waals surface area contributed by atoms with Gasteiger partial charge in [-0.3, -0.25) is 0 Å². The second-order valence-electron chi connectivity index (χ2n) is 4.29. The summed E-state index contributed by atoms with van der Waals surface area (Å²) < 4.78 is 22.1. The van der Waals surface area contributed by atoms with E-state index in [4.69, 9.17) is 5.73 Å². The molecule has 0 aliphatic heterocycles. The van der Waals surface area contributed by atoms with Gasteiger partial charge in [-0.25, -0.2) is 13.4 Å². The third-order valence-electron chi connectivity index (χ3n) is 2.49.